The quantitative estimate of drug-likeness (QED) is 0.715. The van der Waals surface area contributed by atoms with E-state index in [0.717, 1.165) is 25.0 Å². The van der Waals surface area contributed by atoms with Crippen LogP contribution in [0, 0.1) is 0 Å². The van der Waals surface area contributed by atoms with Gasteiger partial charge in [-0.25, -0.2) is 13.2 Å². The first-order chi connectivity index (χ1) is 12.6. The van der Waals surface area contributed by atoms with Crippen LogP contribution in [0.5, 0.6) is 0 Å². The number of amides is 2. The van der Waals surface area contributed by atoms with Gasteiger partial charge in [-0.05, 0) is 61.4 Å². The van der Waals surface area contributed by atoms with Gasteiger partial charge in [0.15, 0.2) is 0 Å². The van der Waals surface area contributed by atoms with Crippen LogP contribution in [0.2, 0.25) is 0 Å². The molecular formula is C17H16F3N3O3S. The van der Waals surface area contributed by atoms with Gasteiger partial charge in [0.2, 0.25) is 0 Å². The third-order valence-corrected chi connectivity index (χ3v) is 5.20. The molecule has 1 fully saturated rings. The Morgan fingerprint density at radius 2 is 1.48 bits per heavy atom. The number of carbonyl (C=O) groups is 1. The van der Waals surface area contributed by atoms with Crippen molar-refractivity contribution in [3.8, 4) is 0 Å². The van der Waals surface area contributed by atoms with Crippen molar-refractivity contribution in [3.05, 3.63) is 54.1 Å². The van der Waals surface area contributed by atoms with Gasteiger partial charge in [0, 0.05) is 17.4 Å². The van der Waals surface area contributed by atoms with Gasteiger partial charge in [0.05, 0.1) is 10.5 Å². The molecule has 0 aliphatic heterocycles. The standard InChI is InChI=1S/C17H16F3N3O3S/c18-17(19,20)11-1-9-15(10-2-11)27(25,26)23-14-7-5-13(6-8-14)22-16(24)21-12-3-4-12/h1-2,5-10,12,23H,3-4H2,(H2,21,22,24). The molecule has 1 aliphatic rings. The largest absolute Gasteiger partial charge is 0.416 e. The highest BCUT2D eigenvalue weighted by atomic mass is 32.2. The number of carbonyl (C=O) groups excluding carboxylic acids is 1. The van der Waals surface area contributed by atoms with Crippen molar-refractivity contribution in [2.45, 2.75) is 30.0 Å². The average Bonchev–Trinajstić information content (AvgIpc) is 3.39. The molecule has 2 aromatic rings. The van der Waals surface area contributed by atoms with E-state index in [1.165, 1.54) is 24.3 Å². The lowest BCUT2D eigenvalue weighted by atomic mass is 10.2. The number of hydrogen-bond donors (Lipinski definition) is 3. The predicted molar refractivity (Wildman–Crippen MR) is 93.9 cm³/mol. The van der Waals surface area contributed by atoms with Crippen LogP contribution in [-0.2, 0) is 16.2 Å². The second kappa shape index (κ2) is 7.10. The van der Waals surface area contributed by atoms with E-state index in [1.54, 1.807) is 0 Å². The van der Waals surface area contributed by atoms with Crippen molar-refractivity contribution in [2.75, 3.05) is 10.0 Å². The first-order valence-corrected chi connectivity index (χ1v) is 9.49. The molecule has 0 bridgehead atoms. The summed E-state index contributed by atoms with van der Waals surface area (Å²) in [6.45, 7) is 0. The fourth-order valence-corrected chi connectivity index (χ4v) is 3.30. The molecule has 6 nitrogen and oxygen atoms in total. The normalized spacial score (nSPS) is 14.5. The number of hydrogen-bond acceptors (Lipinski definition) is 3. The van der Waals surface area contributed by atoms with Crippen molar-refractivity contribution in [2.24, 2.45) is 0 Å². The molecule has 1 aliphatic carbocycles. The first kappa shape index (κ1) is 19.0. The number of benzene rings is 2. The maximum absolute atomic E-state index is 12.6. The van der Waals surface area contributed by atoms with E-state index in [-0.39, 0.29) is 22.7 Å². The Bertz CT molecular complexity index is 923. The molecule has 3 rings (SSSR count). The van der Waals surface area contributed by atoms with Gasteiger partial charge in [0.1, 0.15) is 0 Å². The summed E-state index contributed by atoms with van der Waals surface area (Å²) < 4.78 is 64.5. The molecule has 2 amide bonds. The average molecular weight is 399 g/mol. The summed E-state index contributed by atoms with van der Waals surface area (Å²) in [4.78, 5) is 11.4. The van der Waals surface area contributed by atoms with E-state index >= 15 is 0 Å². The van der Waals surface area contributed by atoms with Gasteiger partial charge >= 0.3 is 12.2 Å². The number of rotatable bonds is 5. The molecule has 0 atom stereocenters. The Balaban J connectivity index is 1.65. The van der Waals surface area contributed by atoms with Crippen LogP contribution in [0.25, 0.3) is 0 Å². The topological polar surface area (TPSA) is 87.3 Å². The third kappa shape index (κ3) is 5.13. The zero-order chi connectivity index (χ0) is 19.7. The number of sulfonamides is 1. The highest BCUT2D eigenvalue weighted by Crippen LogP contribution is 2.30. The van der Waals surface area contributed by atoms with Crippen molar-refractivity contribution in [1.82, 2.24) is 5.32 Å². The first-order valence-electron chi connectivity index (χ1n) is 8.01. The predicted octanol–water partition coefficient (Wildman–Crippen LogP) is 3.79. The van der Waals surface area contributed by atoms with Crippen LogP contribution < -0.4 is 15.4 Å². The van der Waals surface area contributed by atoms with Crippen LogP contribution in [0.1, 0.15) is 18.4 Å². The molecule has 0 radical (unpaired) electrons. The summed E-state index contributed by atoms with van der Waals surface area (Å²) in [5.41, 5.74) is -0.241. The Kier molecular flexibility index (Phi) is 5.01. The van der Waals surface area contributed by atoms with E-state index in [0.29, 0.717) is 17.8 Å². The molecule has 0 saturated heterocycles. The lowest BCUT2D eigenvalue weighted by Crippen LogP contribution is -2.30. The smallest absolute Gasteiger partial charge is 0.335 e. The van der Waals surface area contributed by atoms with Crippen molar-refractivity contribution in [1.29, 1.82) is 0 Å². The lowest BCUT2D eigenvalue weighted by Gasteiger charge is -2.11. The van der Waals surface area contributed by atoms with E-state index < -0.39 is 21.8 Å². The number of anilines is 2. The molecule has 0 spiro atoms. The van der Waals surface area contributed by atoms with E-state index in [4.69, 9.17) is 0 Å². The Hall–Kier alpha value is -2.75. The molecule has 0 unspecified atom stereocenters. The van der Waals surface area contributed by atoms with Gasteiger partial charge in [-0.1, -0.05) is 0 Å². The molecule has 2 aromatic carbocycles. The van der Waals surface area contributed by atoms with Crippen LogP contribution in [-0.4, -0.2) is 20.5 Å². The van der Waals surface area contributed by atoms with Gasteiger partial charge in [-0.2, -0.15) is 13.2 Å². The second-order valence-electron chi connectivity index (χ2n) is 6.08. The third-order valence-electron chi connectivity index (χ3n) is 3.80. The van der Waals surface area contributed by atoms with Gasteiger partial charge in [-0.15, -0.1) is 0 Å². The number of alkyl halides is 3. The van der Waals surface area contributed by atoms with Crippen LogP contribution in [0.3, 0.4) is 0 Å². The van der Waals surface area contributed by atoms with Crippen molar-refractivity contribution in [3.63, 3.8) is 0 Å². The molecule has 10 heteroatoms. The van der Waals surface area contributed by atoms with E-state index in [2.05, 4.69) is 15.4 Å². The Morgan fingerprint density at radius 3 is 2.00 bits per heavy atom. The molecular weight excluding hydrogens is 383 g/mol. The summed E-state index contributed by atoms with van der Waals surface area (Å²) in [5.74, 6) is 0. The minimum Gasteiger partial charge on any atom is -0.335 e. The monoisotopic (exact) mass is 399 g/mol. The minimum atomic E-state index is -4.54. The second-order valence-corrected chi connectivity index (χ2v) is 7.76. The molecule has 144 valence electrons. The van der Waals surface area contributed by atoms with Gasteiger partial charge < -0.3 is 10.6 Å². The highest BCUT2D eigenvalue weighted by Gasteiger charge is 2.30. The molecule has 0 heterocycles. The van der Waals surface area contributed by atoms with Gasteiger partial charge in [0.25, 0.3) is 10.0 Å². The van der Waals surface area contributed by atoms with E-state index in [1.807, 2.05) is 0 Å². The van der Waals surface area contributed by atoms with Crippen LogP contribution >= 0.6 is 0 Å². The number of urea groups is 1. The minimum absolute atomic E-state index is 0.208. The fourth-order valence-electron chi connectivity index (χ4n) is 2.24. The van der Waals surface area contributed by atoms with Crippen LogP contribution in [0.4, 0.5) is 29.3 Å². The fraction of sp³-hybridized carbons (Fsp3) is 0.235. The zero-order valence-electron chi connectivity index (χ0n) is 13.9. The summed E-state index contributed by atoms with van der Waals surface area (Å²) in [7, 11) is -4.04. The molecule has 1 saturated carbocycles. The van der Waals surface area contributed by atoms with E-state index in [9.17, 15) is 26.4 Å². The highest BCUT2D eigenvalue weighted by molar-refractivity contribution is 7.92. The van der Waals surface area contributed by atoms with Crippen molar-refractivity contribution >= 4 is 27.4 Å². The maximum Gasteiger partial charge on any atom is 0.416 e. The molecule has 3 N–H and O–H groups in total. The molecule has 0 aromatic heterocycles. The van der Waals surface area contributed by atoms with Crippen LogP contribution in [0.15, 0.2) is 53.4 Å². The summed E-state index contributed by atoms with van der Waals surface area (Å²) in [6.07, 6.45) is -2.62. The Morgan fingerprint density at radius 1 is 0.926 bits per heavy atom. The summed E-state index contributed by atoms with van der Waals surface area (Å²) in [5, 5.41) is 5.37. The Labute approximate surface area is 153 Å². The number of nitrogens with one attached hydrogen (secondary N) is 3. The molecule has 27 heavy (non-hydrogen) atoms. The van der Waals surface area contributed by atoms with Crippen molar-refractivity contribution < 1.29 is 26.4 Å². The zero-order valence-corrected chi connectivity index (χ0v) is 14.7. The summed E-state index contributed by atoms with van der Waals surface area (Å²) >= 11 is 0. The SMILES string of the molecule is O=C(Nc1ccc(NS(=O)(=O)c2ccc(C(F)(F)F)cc2)cc1)NC1CC1. The van der Waals surface area contributed by atoms with Gasteiger partial charge in [-0.3, -0.25) is 4.72 Å². The number of halogens is 3. The lowest BCUT2D eigenvalue weighted by molar-refractivity contribution is -0.137. The summed E-state index contributed by atoms with van der Waals surface area (Å²) in [6, 6.07) is 8.97. The maximum atomic E-state index is 12.6.